The Bertz CT molecular complexity index is 324. The molecule has 0 aliphatic heterocycles. The van der Waals surface area contributed by atoms with Gasteiger partial charge in [-0.05, 0) is 18.9 Å². The number of ether oxygens (including phenoxy) is 1. The molecular formula is C12H17NO2. The first kappa shape index (κ1) is 11.6. The van der Waals surface area contributed by atoms with Gasteiger partial charge < -0.3 is 10.1 Å². The van der Waals surface area contributed by atoms with Crippen LogP contribution in [0.15, 0.2) is 30.3 Å². The van der Waals surface area contributed by atoms with E-state index in [0.717, 1.165) is 12.0 Å². The lowest BCUT2D eigenvalue weighted by Gasteiger charge is -2.29. The molecule has 15 heavy (non-hydrogen) atoms. The number of hydrogen-bond donors (Lipinski definition) is 1. The van der Waals surface area contributed by atoms with Crippen LogP contribution < -0.4 is 5.32 Å². The number of methoxy groups -OCH3 is 1. The molecule has 1 unspecified atom stereocenters. The highest BCUT2D eigenvalue weighted by Crippen LogP contribution is 2.23. The van der Waals surface area contributed by atoms with Crippen LogP contribution >= 0.6 is 0 Å². The van der Waals surface area contributed by atoms with E-state index in [0.29, 0.717) is 0 Å². The van der Waals surface area contributed by atoms with Crippen molar-refractivity contribution in [1.82, 2.24) is 5.32 Å². The third-order valence-corrected chi connectivity index (χ3v) is 2.68. The van der Waals surface area contributed by atoms with E-state index in [1.165, 1.54) is 7.11 Å². The van der Waals surface area contributed by atoms with Gasteiger partial charge in [0.15, 0.2) is 0 Å². The van der Waals surface area contributed by atoms with Gasteiger partial charge in [-0.15, -0.1) is 0 Å². The summed E-state index contributed by atoms with van der Waals surface area (Å²) in [6.07, 6.45) is 0.412. The quantitative estimate of drug-likeness (QED) is 0.827. The molecule has 0 heterocycles. The number of carbonyl (C=O) groups excluding carboxylic acids is 1. The van der Waals surface area contributed by atoms with Crippen molar-refractivity contribution in [2.24, 2.45) is 0 Å². The molecule has 1 amide bonds. The molecular weight excluding hydrogens is 190 g/mol. The van der Waals surface area contributed by atoms with Crippen LogP contribution in [0.25, 0.3) is 0 Å². The van der Waals surface area contributed by atoms with Gasteiger partial charge in [0.25, 0.3) is 0 Å². The highest BCUT2D eigenvalue weighted by atomic mass is 16.5. The lowest BCUT2D eigenvalue weighted by Crippen LogP contribution is -2.42. The standard InChI is InChI=1S/C12H17NO2/c1-4-12(2,13-11(14)15-3)10-8-6-5-7-9-10/h5-9H,4H2,1-3H3,(H,13,14). The minimum Gasteiger partial charge on any atom is -0.453 e. The van der Waals surface area contributed by atoms with Crippen molar-refractivity contribution >= 4 is 6.09 Å². The first-order chi connectivity index (χ1) is 7.12. The van der Waals surface area contributed by atoms with Gasteiger partial charge in [0.1, 0.15) is 0 Å². The summed E-state index contributed by atoms with van der Waals surface area (Å²) in [6, 6.07) is 9.88. The number of rotatable bonds is 3. The Balaban J connectivity index is 2.90. The summed E-state index contributed by atoms with van der Waals surface area (Å²) < 4.78 is 4.62. The molecule has 0 fully saturated rings. The number of amides is 1. The van der Waals surface area contributed by atoms with Crippen LogP contribution in [-0.2, 0) is 10.3 Å². The molecule has 0 aliphatic carbocycles. The van der Waals surface area contributed by atoms with Crippen molar-refractivity contribution in [1.29, 1.82) is 0 Å². The van der Waals surface area contributed by atoms with E-state index in [1.54, 1.807) is 0 Å². The lowest BCUT2D eigenvalue weighted by molar-refractivity contribution is 0.156. The fraction of sp³-hybridized carbons (Fsp3) is 0.417. The zero-order valence-corrected chi connectivity index (χ0v) is 9.41. The first-order valence-corrected chi connectivity index (χ1v) is 5.04. The maximum absolute atomic E-state index is 11.2. The second-order valence-electron chi connectivity index (χ2n) is 3.67. The Hall–Kier alpha value is -1.51. The van der Waals surface area contributed by atoms with Gasteiger partial charge in [-0.1, -0.05) is 37.3 Å². The molecule has 0 aromatic heterocycles. The van der Waals surface area contributed by atoms with Gasteiger partial charge in [-0.2, -0.15) is 0 Å². The molecule has 0 bridgehead atoms. The zero-order valence-electron chi connectivity index (χ0n) is 9.41. The number of nitrogens with one attached hydrogen (secondary N) is 1. The molecule has 1 N–H and O–H groups in total. The third kappa shape index (κ3) is 2.72. The summed E-state index contributed by atoms with van der Waals surface area (Å²) in [5, 5.41) is 2.85. The molecule has 3 nitrogen and oxygen atoms in total. The van der Waals surface area contributed by atoms with E-state index in [1.807, 2.05) is 44.2 Å². The molecule has 0 spiro atoms. The van der Waals surface area contributed by atoms with Crippen molar-refractivity contribution in [3.63, 3.8) is 0 Å². The monoisotopic (exact) mass is 207 g/mol. The largest absolute Gasteiger partial charge is 0.453 e. The smallest absolute Gasteiger partial charge is 0.407 e. The van der Waals surface area contributed by atoms with Crippen LogP contribution in [0.3, 0.4) is 0 Å². The van der Waals surface area contributed by atoms with Crippen molar-refractivity contribution in [2.75, 3.05) is 7.11 Å². The Morgan fingerprint density at radius 3 is 2.47 bits per heavy atom. The summed E-state index contributed by atoms with van der Waals surface area (Å²) in [6.45, 7) is 4.02. The van der Waals surface area contributed by atoms with Gasteiger partial charge in [0.05, 0.1) is 12.6 Å². The molecule has 1 aromatic rings. The number of hydrogen-bond acceptors (Lipinski definition) is 2. The zero-order chi connectivity index (χ0) is 11.3. The van der Waals surface area contributed by atoms with E-state index in [2.05, 4.69) is 10.1 Å². The Kier molecular flexibility index (Phi) is 3.72. The summed E-state index contributed by atoms with van der Waals surface area (Å²) >= 11 is 0. The van der Waals surface area contributed by atoms with E-state index in [4.69, 9.17) is 0 Å². The first-order valence-electron chi connectivity index (χ1n) is 5.04. The Morgan fingerprint density at radius 2 is 2.00 bits per heavy atom. The van der Waals surface area contributed by atoms with Crippen LogP contribution in [0.1, 0.15) is 25.8 Å². The maximum atomic E-state index is 11.2. The van der Waals surface area contributed by atoms with Crippen LogP contribution in [0.2, 0.25) is 0 Å². The molecule has 1 aromatic carbocycles. The van der Waals surface area contributed by atoms with Gasteiger partial charge in [0.2, 0.25) is 0 Å². The van der Waals surface area contributed by atoms with Crippen molar-refractivity contribution in [3.8, 4) is 0 Å². The third-order valence-electron chi connectivity index (χ3n) is 2.68. The molecule has 0 aliphatic rings. The predicted molar refractivity (Wildman–Crippen MR) is 59.6 cm³/mol. The van der Waals surface area contributed by atoms with Gasteiger partial charge >= 0.3 is 6.09 Å². The maximum Gasteiger partial charge on any atom is 0.407 e. The van der Waals surface area contributed by atoms with Crippen LogP contribution in [0.5, 0.6) is 0 Å². The minimum absolute atomic E-state index is 0.367. The fourth-order valence-corrected chi connectivity index (χ4v) is 1.45. The van der Waals surface area contributed by atoms with E-state index >= 15 is 0 Å². The van der Waals surface area contributed by atoms with Crippen LogP contribution in [0.4, 0.5) is 4.79 Å². The summed E-state index contributed by atoms with van der Waals surface area (Å²) in [7, 11) is 1.37. The predicted octanol–water partition coefficient (Wildman–Crippen LogP) is 2.67. The lowest BCUT2D eigenvalue weighted by atomic mass is 9.89. The summed E-state index contributed by atoms with van der Waals surface area (Å²) in [4.78, 5) is 11.2. The molecule has 1 atom stereocenters. The number of alkyl carbamates (subject to hydrolysis) is 1. The van der Waals surface area contributed by atoms with Crippen LogP contribution in [0, 0.1) is 0 Å². The van der Waals surface area contributed by atoms with E-state index < -0.39 is 6.09 Å². The highest BCUT2D eigenvalue weighted by Gasteiger charge is 2.26. The van der Waals surface area contributed by atoms with Crippen LogP contribution in [-0.4, -0.2) is 13.2 Å². The fourth-order valence-electron chi connectivity index (χ4n) is 1.45. The second-order valence-corrected chi connectivity index (χ2v) is 3.67. The molecule has 0 saturated carbocycles. The Labute approximate surface area is 90.4 Å². The SMILES string of the molecule is CCC(C)(NC(=O)OC)c1ccccc1. The molecule has 82 valence electrons. The average Bonchev–Trinajstić information content (AvgIpc) is 2.30. The number of benzene rings is 1. The Morgan fingerprint density at radius 1 is 1.40 bits per heavy atom. The van der Waals surface area contributed by atoms with E-state index in [9.17, 15) is 4.79 Å². The van der Waals surface area contributed by atoms with E-state index in [-0.39, 0.29) is 5.54 Å². The average molecular weight is 207 g/mol. The van der Waals surface area contributed by atoms with Gasteiger partial charge in [-0.3, -0.25) is 0 Å². The topological polar surface area (TPSA) is 38.3 Å². The van der Waals surface area contributed by atoms with Gasteiger partial charge in [0, 0.05) is 0 Å². The van der Waals surface area contributed by atoms with Crippen molar-refractivity contribution in [2.45, 2.75) is 25.8 Å². The molecule has 0 saturated heterocycles. The minimum atomic E-state index is -0.400. The van der Waals surface area contributed by atoms with Crippen molar-refractivity contribution < 1.29 is 9.53 Å². The molecule has 0 radical (unpaired) electrons. The summed E-state index contributed by atoms with van der Waals surface area (Å²) in [5.74, 6) is 0. The van der Waals surface area contributed by atoms with Crippen molar-refractivity contribution in [3.05, 3.63) is 35.9 Å². The normalized spacial score (nSPS) is 14.1. The van der Waals surface area contributed by atoms with Gasteiger partial charge in [-0.25, -0.2) is 4.79 Å². The number of carbonyl (C=O) groups is 1. The molecule has 1 rings (SSSR count). The summed E-state index contributed by atoms with van der Waals surface area (Å²) in [5.41, 5.74) is 0.715. The highest BCUT2D eigenvalue weighted by molar-refractivity contribution is 5.68. The second kappa shape index (κ2) is 4.82. The molecule has 3 heteroatoms.